The van der Waals surface area contributed by atoms with Crippen molar-refractivity contribution in [2.24, 2.45) is 0 Å². The van der Waals surface area contributed by atoms with Crippen LogP contribution in [0.4, 0.5) is 17.6 Å². The first-order valence-corrected chi connectivity index (χ1v) is 4.87. The van der Waals surface area contributed by atoms with Crippen molar-refractivity contribution in [2.75, 3.05) is 7.11 Å². The van der Waals surface area contributed by atoms with Gasteiger partial charge in [-0.1, -0.05) is 0 Å². The van der Waals surface area contributed by atoms with Crippen LogP contribution >= 0.6 is 0 Å². The molecule has 9 heteroatoms. The summed E-state index contributed by atoms with van der Waals surface area (Å²) in [6, 6.07) is 1.05. The van der Waals surface area contributed by atoms with Gasteiger partial charge in [0.05, 0.1) is 13.5 Å². The average Bonchev–Trinajstić information content (AvgIpc) is 2.25. The molecule has 1 N–H and O–H groups in total. The van der Waals surface area contributed by atoms with Gasteiger partial charge in [0, 0.05) is 11.6 Å². The number of carbonyl (C=O) groups is 1. The van der Waals surface area contributed by atoms with Gasteiger partial charge in [-0.3, -0.25) is 4.79 Å². The molecule has 106 valence electrons. The summed E-state index contributed by atoms with van der Waals surface area (Å²) in [5.41, 5.74) is -0.762. The van der Waals surface area contributed by atoms with Gasteiger partial charge < -0.3 is 14.6 Å². The number of ether oxygens (including phenoxy) is 2. The number of hydrogen-bond donors (Lipinski definition) is 1. The Kier molecular flexibility index (Phi) is 4.52. The Morgan fingerprint density at radius 1 is 1.47 bits per heavy atom. The predicted octanol–water partition coefficient (Wildman–Crippen LogP) is 2.09. The van der Waals surface area contributed by atoms with Crippen molar-refractivity contribution >= 4 is 5.97 Å². The third-order valence-corrected chi connectivity index (χ3v) is 2.05. The molecule has 1 aromatic heterocycles. The minimum absolute atomic E-state index is 0.193. The Morgan fingerprint density at radius 2 is 2.11 bits per heavy atom. The lowest BCUT2D eigenvalue weighted by Gasteiger charge is -2.14. The van der Waals surface area contributed by atoms with Crippen molar-refractivity contribution in [1.29, 1.82) is 0 Å². The molecule has 0 bridgehead atoms. The van der Waals surface area contributed by atoms with Crippen LogP contribution in [0.25, 0.3) is 0 Å². The smallest absolute Gasteiger partial charge is 0.481 e. The second-order valence-corrected chi connectivity index (χ2v) is 3.36. The third-order valence-electron chi connectivity index (χ3n) is 2.05. The predicted molar refractivity (Wildman–Crippen MR) is 53.6 cm³/mol. The van der Waals surface area contributed by atoms with Crippen LogP contribution in [0.3, 0.4) is 0 Å². The monoisotopic (exact) mass is 283 g/mol. The van der Waals surface area contributed by atoms with E-state index in [0.29, 0.717) is 0 Å². The molecule has 0 radical (unpaired) electrons. The standard InChI is InChI=1S/C10H9F4NO4/c1-18-7-2-5(3-8(16)17)6(4-11)9(15-7)19-10(12,13)14/h2H,3-4H2,1H3,(H,16,17). The number of aromatic nitrogens is 1. The fourth-order valence-corrected chi connectivity index (χ4v) is 1.34. The highest BCUT2D eigenvalue weighted by molar-refractivity contribution is 5.71. The topological polar surface area (TPSA) is 68.7 Å². The van der Waals surface area contributed by atoms with Crippen molar-refractivity contribution < 1.29 is 36.9 Å². The minimum Gasteiger partial charge on any atom is -0.481 e. The molecule has 0 saturated heterocycles. The number of nitrogens with zero attached hydrogens (tertiary/aromatic N) is 1. The minimum atomic E-state index is -5.07. The molecular formula is C10H9F4NO4. The van der Waals surface area contributed by atoms with Crippen molar-refractivity contribution in [2.45, 2.75) is 19.5 Å². The molecule has 0 aromatic carbocycles. The molecule has 1 heterocycles. The summed E-state index contributed by atoms with van der Waals surface area (Å²) < 4.78 is 57.4. The second kappa shape index (κ2) is 5.72. The van der Waals surface area contributed by atoms with Crippen LogP contribution in [0.2, 0.25) is 0 Å². The van der Waals surface area contributed by atoms with Gasteiger partial charge in [0.15, 0.2) is 0 Å². The van der Waals surface area contributed by atoms with Gasteiger partial charge in [0.1, 0.15) is 6.67 Å². The molecule has 0 unspecified atom stereocenters. The van der Waals surface area contributed by atoms with E-state index in [4.69, 9.17) is 5.11 Å². The number of rotatable bonds is 5. The van der Waals surface area contributed by atoms with Gasteiger partial charge in [0.25, 0.3) is 0 Å². The van der Waals surface area contributed by atoms with Crippen molar-refractivity contribution in [3.05, 3.63) is 17.2 Å². The molecule has 1 aromatic rings. The highest BCUT2D eigenvalue weighted by Crippen LogP contribution is 2.30. The number of hydrogen-bond acceptors (Lipinski definition) is 4. The van der Waals surface area contributed by atoms with E-state index in [2.05, 4.69) is 14.5 Å². The SMILES string of the molecule is COc1cc(CC(=O)O)c(CF)c(OC(F)(F)F)n1. The maximum atomic E-state index is 12.8. The largest absolute Gasteiger partial charge is 0.574 e. The summed E-state index contributed by atoms with van der Waals surface area (Å²) in [5.74, 6) is -2.68. The number of halogens is 4. The van der Waals surface area contributed by atoms with E-state index in [-0.39, 0.29) is 11.4 Å². The van der Waals surface area contributed by atoms with Crippen LogP contribution in [-0.2, 0) is 17.9 Å². The zero-order chi connectivity index (χ0) is 14.6. The van der Waals surface area contributed by atoms with Crippen LogP contribution in [0.1, 0.15) is 11.1 Å². The zero-order valence-corrected chi connectivity index (χ0v) is 9.62. The molecule has 0 fully saturated rings. The first-order chi connectivity index (χ1) is 8.76. The van der Waals surface area contributed by atoms with Crippen molar-refractivity contribution in [3.63, 3.8) is 0 Å². The Bertz CT molecular complexity index is 475. The molecule has 19 heavy (non-hydrogen) atoms. The number of carboxylic acid groups (broad SMARTS) is 1. The molecule has 5 nitrogen and oxygen atoms in total. The number of pyridine rings is 1. The molecule has 0 aliphatic carbocycles. The van der Waals surface area contributed by atoms with E-state index in [1.54, 1.807) is 0 Å². The van der Waals surface area contributed by atoms with Crippen LogP contribution in [0, 0.1) is 0 Å². The normalized spacial score (nSPS) is 11.2. The van der Waals surface area contributed by atoms with E-state index in [1.165, 1.54) is 0 Å². The molecule has 0 aliphatic heterocycles. The number of aliphatic carboxylic acids is 1. The van der Waals surface area contributed by atoms with E-state index >= 15 is 0 Å². The first-order valence-electron chi connectivity index (χ1n) is 4.87. The summed E-state index contributed by atoms with van der Waals surface area (Å²) >= 11 is 0. The summed E-state index contributed by atoms with van der Waals surface area (Å²) in [5, 5.41) is 8.63. The van der Waals surface area contributed by atoms with Gasteiger partial charge >= 0.3 is 12.3 Å². The Hall–Kier alpha value is -2.06. The van der Waals surface area contributed by atoms with E-state index in [1.807, 2.05) is 0 Å². The molecule has 0 spiro atoms. The lowest BCUT2D eigenvalue weighted by Crippen LogP contribution is -2.20. The molecular weight excluding hydrogens is 274 g/mol. The lowest BCUT2D eigenvalue weighted by atomic mass is 10.1. The number of alkyl halides is 4. The Morgan fingerprint density at radius 3 is 2.53 bits per heavy atom. The summed E-state index contributed by atoms with van der Waals surface area (Å²) in [7, 11) is 1.12. The van der Waals surface area contributed by atoms with Gasteiger partial charge in [-0.2, -0.15) is 4.98 Å². The van der Waals surface area contributed by atoms with Gasteiger partial charge in [0.2, 0.25) is 11.8 Å². The summed E-state index contributed by atoms with van der Waals surface area (Å²) in [6.07, 6.45) is -5.74. The average molecular weight is 283 g/mol. The van der Waals surface area contributed by atoms with Crippen molar-refractivity contribution in [1.82, 2.24) is 4.98 Å². The molecule has 1 rings (SSSR count). The molecule has 0 atom stereocenters. The van der Waals surface area contributed by atoms with Crippen LogP contribution in [-0.4, -0.2) is 29.5 Å². The Labute approximate surface area is 104 Å². The van der Waals surface area contributed by atoms with Crippen LogP contribution < -0.4 is 9.47 Å². The van der Waals surface area contributed by atoms with Gasteiger partial charge in [-0.15, -0.1) is 13.2 Å². The number of methoxy groups -OCH3 is 1. The van der Waals surface area contributed by atoms with Gasteiger partial charge in [-0.25, -0.2) is 4.39 Å². The maximum absolute atomic E-state index is 12.8. The Balaban J connectivity index is 3.30. The van der Waals surface area contributed by atoms with E-state index in [9.17, 15) is 22.4 Å². The van der Waals surface area contributed by atoms with E-state index in [0.717, 1.165) is 13.2 Å². The lowest BCUT2D eigenvalue weighted by molar-refractivity contribution is -0.276. The quantitative estimate of drug-likeness (QED) is 0.838. The molecule has 0 amide bonds. The van der Waals surface area contributed by atoms with Crippen LogP contribution in [0.5, 0.6) is 11.8 Å². The maximum Gasteiger partial charge on any atom is 0.574 e. The third kappa shape index (κ3) is 4.27. The highest BCUT2D eigenvalue weighted by Gasteiger charge is 2.34. The summed E-state index contributed by atoms with van der Waals surface area (Å²) in [4.78, 5) is 13.9. The first kappa shape index (κ1) is 15.0. The molecule has 0 saturated carbocycles. The van der Waals surface area contributed by atoms with Crippen molar-refractivity contribution in [3.8, 4) is 11.8 Å². The summed E-state index contributed by atoms with van der Waals surface area (Å²) in [6.45, 7) is -1.34. The van der Waals surface area contributed by atoms with E-state index < -0.39 is 36.9 Å². The fraction of sp³-hybridized carbons (Fsp3) is 0.400. The molecule has 0 aliphatic rings. The van der Waals surface area contributed by atoms with Gasteiger partial charge in [-0.05, 0) is 5.56 Å². The number of carboxylic acids is 1. The highest BCUT2D eigenvalue weighted by atomic mass is 19.4. The van der Waals surface area contributed by atoms with Crippen LogP contribution in [0.15, 0.2) is 6.07 Å². The second-order valence-electron chi connectivity index (χ2n) is 3.36. The fourth-order valence-electron chi connectivity index (χ4n) is 1.34. The zero-order valence-electron chi connectivity index (χ0n) is 9.62.